The van der Waals surface area contributed by atoms with E-state index in [9.17, 15) is 9.59 Å². The zero-order chi connectivity index (χ0) is 19.1. The molecule has 1 aliphatic heterocycles. The van der Waals surface area contributed by atoms with Crippen molar-refractivity contribution >= 4 is 29.4 Å². The Bertz CT molecular complexity index is 775. The second-order valence-electron chi connectivity index (χ2n) is 6.30. The molecule has 2 N–H and O–H groups in total. The molecular weight excluding hydrogens is 364 g/mol. The first kappa shape index (κ1) is 19.3. The van der Waals surface area contributed by atoms with Gasteiger partial charge in [0.15, 0.2) is 5.82 Å². The van der Waals surface area contributed by atoms with E-state index in [4.69, 9.17) is 4.74 Å². The molecule has 3 rings (SSSR count). The molecule has 7 nitrogen and oxygen atoms in total. The number of carbonyl (C=O) groups excluding carboxylic acids is 2. The SMILES string of the molecule is Cc1ccc(C(=O)Nc2ccc(SCC(=O)NC[C@@H]3CCCO3)nn2)cc1. The Morgan fingerprint density at radius 1 is 1.19 bits per heavy atom. The van der Waals surface area contributed by atoms with Crippen molar-refractivity contribution in [2.24, 2.45) is 0 Å². The Hall–Kier alpha value is -2.45. The number of amides is 2. The van der Waals surface area contributed by atoms with Crippen molar-refractivity contribution in [2.75, 3.05) is 24.2 Å². The summed E-state index contributed by atoms with van der Waals surface area (Å²) in [5.74, 6) is 0.330. The van der Waals surface area contributed by atoms with E-state index >= 15 is 0 Å². The van der Waals surface area contributed by atoms with Crippen molar-refractivity contribution in [3.63, 3.8) is 0 Å². The smallest absolute Gasteiger partial charge is 0.256 e. The number of carbonyl (C=O) groups is 2. The molecule has 0 aliphatic carbocycles. The van der Waals surface area contributed by atoms with Crippen molar-refractivity contribution < 1.29 is 14.3 Å². The second kappa shape index (κ2) is 9.48. The first-order chi connectivity index (χ1) is 13.1. The number of nitrogens with one attached hydrogen (secondary N) is 2. The molecule has 0 bridgehead atoms. The second-order valence-corrected chi connectivity index (χ2v) is 7.30. The number of aromatic nitrogens is 2. The van der Waals surface area contributed by atoms with Gasteiger partial charge >= 0.3 is 0 Å². The van der Waals surface area contributed by atoms with E-state index < -0.39 is 0 Å². The van der Waals surface area contributed by atoms with Crippen LogP contribution in [0.4, 0.5) is 5.82 Å². The number of anilines is 1. The first-order valence-electron chi connectivity index (χ1n) is 8.83. The van der Waals surface area contributed by atoms with Gasteiger partial charge in [-0.1, -0.05) is 29.5 Å². The minimum absolute atomic E-state index is 0.0611. The quantitative estimate of drug-likeness (QED) is 0.710. The van der Waals surface area contributed by atoms with E-state index in [1.807, 2.05) is 19.1 Å². The summed E-state index contributed by atoms with van der Waals surface area (Å²) in [6.45, 7) is 3.29. The van der Waals surface area contributed by atoms with Gasteiger partial charge in [-0.3, -0.25) is 9.59 Å². The third kappa shape index (κ3) is 6.04. The Morgan fingerprint density at radius 3 is 2.67 bits per heavy atom. The fourth-order valence-electron chi connectivity index (χ4n) is 2.58. The Labute approximate surface area is 162 Å². The standard InChI is InChI=1S/C19H22N4O3S/c1-13-4-6-14(7-5-13)19(25)21-16-8-9-18(23-22-16)27-12-17(24)20-11-15-3-2-10-26-15/h4-9,15H,2-3,10-12H2,1H3,(H,20,24)(H,21,22,25)/t15-/m0/s1. The first-order valence-corrected chi connectivity index (χ1v) is 9.81. The highest BCUT2D eigenvalue weighted by atomic mass is 32.2. The van der Waals surface area contributed by atoms with Crippen molar-refractivity contribution in [1.82, 2.24) is 15.5 Å². The van der Waals surface area contributed by atoms with Crippen molar-refractivity contribution in [1.29, 1.82) is 0 Å². The summed E-state index contributed by atoms with van der Waals surface area (Å²) in [5.41, 5.74) is 1.65. The van der Waals surface area contributed by atoms with Crippen LogP contribution >= 0.6 is 11.8 Å². The highest BCUT2D eigenvalue weighted by Gasteiger charge is 2.16. The largest absolute Gasteiger partial charge is 0.376 e. The van der Waals surface area contributed by atoms with Crippen molar-refractivity contribution in [2.45, 2.75) is 30.9 Å². The van der Waals surface area contributed by atoms with Crippen LogP contribution in [0.15, 0.2) is 41.4 Å². The third-order valence-electron chi connectivity index (χ3n) is 4.10. The number of benzene rings is 1. The number of aryl methyl sites for hydroxylation is 1. The molecule has 0 spiro atoms. The molecule has 0 saturated carbocycles. The lowest BCUT2D eigenvalue weighted by Crippen LogP contribution is -2.32. The number of nitrogens with zero attached hydrogens (tertiary/aromatic N) is 2. The van der Waals surface area contributed by atoms with E-state index in [-0.39, 0.29) is 23.7 Å². The van der Waals surface area contributed by atoms with E-state index in [1.165, 1.54) is 11.8 Å². The lowest BCUT2D eigenvalue weighted by Gasteiger charge is -2.10. The van der Waals surface area contributed by atoms with E-state index in [0.29, 0.717) is 23.0 Å². The highest BCUT2D eigenvalue weighted by Crippen LogP contribution is 2.16. The molecule has 2 amide bonds. The maximum Gasteiger partial charge on any atom is 0.256 e. The Balaban J connectivity index is 1.43. The summed E-state index contributed by atoms with van der Waals surface area (Å²) in [4.78, 5) is 24.0. The molecular formula is C19H22N4O3S. The van der Waals surface area contributed by atoms with Gasteiger partial charge in [-0.2, -0.15) is 0 Å². The summed E-state index contributed by atoms with van der Waals surface area (Å²) in [7, 11) is 0. The fraction of sp³-hybridized carbons (Fsp3) is 0.368. The summed E-state index contributed by atoms with van der Waals surface area (Å²) in [5, 5.41) is 14.2. The van der Waals surface area contributed by atoms with E-state index in [2.05, 4.69) is 20.8 Å². The molecule has 1 fully saturated rings. The van der Waals surface area contributed by atoms with Gasteiger partial charge in [-0.15, -0.1) is 10.2 Å². The normalized spacial score (nSPS) is 16.1. The number of hydrogen-bond acceptors (Lipinski definition) is 6. The molecule has 1 aromatic carbocycles. The molecule has 0 radical (unpaired) electrons. The third-order valence-corrected chi connectivity index (χ3v) is 5.02. The van der Waals surface area contributed by atoms with Gasteiger partial charge in [0.1, 0.15) is 5.03 Å². The minimum atomic E-state index is -0.238. The van der Waals surface area contributed by atoms with Gasteiger partial charge < -0.3 is 15.4 Å². The molecule has 2 heterocycles. The topological polar surface area (TPSA) is 93.2 Å². The number of ether oxygens (including phenoxy) is 1. The van der Waals surface area contributed by atoms with Gasteiger partial charge in [0.2, 0.25) is 5.91 Å². The van der Waals surface area contributed by atoms with E-state index in [0.717, 1.165) is 25.0 Å². The maximum atomic E-state index is 12.2. The maximum absolute atomic E-state index is 12.2. The predicted molar refractivity (Wildman–Crippen MR) is 104 cm³/mol. The van der Waals surface area contributed by atoms with Crippen molar-refractivity contribution in [3.8, 4) is 0 Å². The van der Waals surface area contributed by atoms with Gasteiger partial charge in [-0.05, 0) is 44.0 Å². The molecule has 0 unspecified atom stereocenters. The highest BCUT2D eigenvalue weighted by molar-refractivity contribution is 7.99. The fourth-order valence-corrected chi connectivity index (χ4v) is 3.22. The zero-order valence-electron chi connectivity index (χ0n) is 15.1. The number of hydrogen-bond donors (Lipinski definition) is 2. The Morgan fingerprint density at radius 2 is 2.00 bits per heavy atom. The average Bonchev–Trinajstić information content (AvgIpc) is 3.20. The number of rotatable bonds is 7. The zero-order valence-corrected chi connectivity index (χ0v) is 15.9. The molecule has 2 aromatic rings. The van der Waals surface area contributed by atoms with Crippen LogP contribution in [-0.4, -0.2) is 47.0 Å². The van der Waals surface area contributed by atoms with Crippen LogP contribution in [-0.2, 0) is 9.53 Å². The monoisotopic (exact) mass is 386 g/mol. The molecule has 27 heavy (non-hydrogen) atoms. The number of thioether (sulfide) groups is 1. The minimum Gasteiger partial charge on any atom is -0.376 e. The summed E-state index contributed by atoms with van der Waals surface area (Å²) in [6, 6.07) is 10.7. The molecule has 1 aliphatic rings. The van der Waals surface area contributed by atoms with Crippen molar-refractivity contribution in [3.05, 3.63) is 47.5 Å². The van der Waals surface area contributed by atoms with Gasteiger partial charge in [0.25, 0.3) is 5.91 Å². The summed E-state index contributed by atoms with van der Waals surface area (Å²) >= 11 is 1.30. The summed E-state index contributed by atoms with van der Waals surface area (Å²) in [6.07, 6.45) is 2.18. The van der Waals surface area contributed by atoms with Crippen LogP contribution in [0.25, 0.3) is 0 Å². The van der Waals surface area contributed by atoms with Crippen LogP contribution in [0.1, 0.15) is 28.8 Å². The van der Waals surface area contributed by atoms with Crippen LogP contribution < -0.4 is 10.6 Å². The van der Waals surface area contributed by atoms with Crippen LogP contribution in [0.5, 0.6) is 0 Å². The van der Waals surface area contributed by atoms with Crippen LogP contribution in [0, 0.1) is 6.92 Å². The van der Waals surface area contributed by atoms with Gasteiger partial charge in [-0.25, -0.2) is 0 Å². The van der Waals surface area contributed by atoms with E-state index in [1.54, 1.807) is 24.3 Å². The molecule has 1 saturated heterocycles. The van der Waals surface area contributed by atoms with Crippen LogP contribution in [0.3, 0.4) is 0 Å². The molecule has 142 valence electrons. The molecule has 8 heteroatoms. The Kier molecular flexibility index (Phi) is 6.78. The molecule has 1 aromatic heterocycles. The molecule has 1 atom stereocenters. The summed E-state index contributed by atoms with van der Waals surface area (Å²) < 4.78 is 5.47. The lowest BCUT2D eigenvalue weighted by atomic mass is 10.1. The van der Waals surface area contributed by atoms with Gasteiger partial charge in [0, 0.05) is 18.7 Å². The lowest BCUT2D eigenvalue weighted by molar-refractivity contribution is -0.119. The average molecular weight is 386 g/mol. The van der Waals surface area contributed by atoms with Crippen LogP contribution in [0.2, 0.25) is 0 Å². The predicted octanol–water partition coefficient (Wildman–Crippen LogP) is 2.42. The van der Waals surface area contributed by atoms with Gasteiger partial charge in [0.05, 0.1) is 11.9 Å².